The second-order valence-corrected chi connectivity index (χ2v) is 8.82. The van der Waals surface area contributed by atoms with E-state index in [4.69, 9.17) is 0 Å². The molecule has 7 heteroatoms. The van der Waals surface area contributed by atoms with Crippen LogP contribution in [-0.2, 0) is 11.3 Å². The Morgan fingerprint density at radius 2 is 1.81 bits per heavy atom. The van der Waals surface area contributed by atoms with Crippen molar-refractivity contribution in [2.24, 2.45) is 0 Å². The molecule has 2 amide bonds. The lowest BCUT2D eigenvalue weighted by Crippen LogP contribution is -2.44. The predicted octanol–water partition coefficient (Wildman–Crippen LogP) is 2.84. The molecular weight excluding hydrogens is 407 g/mol. The van der Waals surface area contributed by atoms with Gasteiger partial charge in [0.05, 0.1) is 6.04 Å². The molecule has 2 aromatic carbocycles. The van der Waals surface area contributed by atoms with Gasteiger partial charge in [-0.15, -0.1) is 0 Å². The highest BCUT2D eigenvalue weighted by Gasteiger charge is 2.36. The van der Waals surface area contributed by atoms with E-state index >= 15 is 0 Å². The highest BCUT2D eigenvalue weighted by molar-refractivity contribution is 5.95. The minimum Gasteiger partial charge on any atom is -0.378 e. The third kappa shape index (κ3) is 4.93. The molecule has 0 radical (unpaired) electrons. The molecule has 2 fully saturated rings. The Kier molecular flexibility index (Phi) is 6.74. The minimum atomic E-state index is -0.267. The zero-order valence-corrected chi connectivity index (χ0v) is 18.8. The molecule has 0 N–H and O–H groups in total. The highest BCUT2D eigenvalue weighted by atomic mass is 19.1. The number of anilines is 1. The molecule has 2 heterocycles. The Hall–Kier alpha value is -2.93. The second kappa shape index (κ2) is 9.69. The molecule has 0 aliphatic carbocycles. The van der Waals surface area contributed by atoms with E-state index < -0.39 is 0 Å². The van der Waals surface area contributed by atoms with Gasteiger partial charge in [-0.25, -0.2) is 4.39 Å². The summed E-state index contributed by atoms with van der Waals surface area (Å²) in [6.45, 7) is 4.03. The summed E-state index contributed by atoms with van der Waals surface area (Å²) >= 11 is 0. The number of nitrogens with zero attached hydrogens (tertiary/aromatic N) is 4. The van der Waals surface area contributed by atoms with Crippen molar-refractivity contribution in [1.82, 2.24) is 14.7 Å². The highest BCUT2D eigenvalue weighted by Crippen LogP contribution is 2.22. The van der Waals surface area contributed by atoms with Crippen LogP contribution in [0.25, 0.3) is 0 Å². The van der Waals surface area contributed by atoms with E-state index in [9.17, 15) is 14.0 Å². The quantitative estimate of drug-likeness (QED) is 0.720. The van der Waals surface area contributed by atoms with Gasteiger partial charge >= 0.3 is 0 Å². The summed E-state index contributed by atoms with van der Waals surface area (Å²) in [6.07, 6.45) is 1.64. The van der Waals surface area contributed by atoms with Crippen molar-refractivity contribution in [1.29, 1.82) is 0 Å². The van der Waals surface area contributed by atoms with Crippen LogP contribution in [0.15, 0.2) is 48.5 Å². The SMILES string of the molecule is CN(C)c1cccc(C(=O)N2CCCN([C@@H]3CCN(Cc4ccc(F)cc4)C3=O)CC2)c1. The van der Waals surface area contributed by atoms with Crippen LogP contribution in [0.5, 0.6) is 0 Å². The van der Waals surface area contributed by atoms with Crippen molar-refractivity contribution in [2.75, 3.05) is 51.7 Å². The molecule has 2 aromatic rings. The van der Waals surface area contributed by atoms with Gasteiger partial charge in [0.25, 0.3) is 5.91 Å². The summed E-state index contributed by atoms with van der Waals surface area (Å²) in [5.41, 5.74) is 2.64. The first-order valence-corrected chi connectivity index (χ1v) is 11.3. The van der Waals surface area contributed by atoms with E-state index in [-0.39, 0.29) is 23.7 Å². The molecule has 2 aliphatic heterocycles. The van der Waals surface area contributed by atoms with Crippen molar-refractivity contribution in [3.63, 3.8) is 0 Å². The second-order valence-electron chi connectivity index (χ2n) is 8.82. The van der Waals surface area contributed by atoms with Crippen molar-refractivity contribution < 1.29 is 14.0 Å². The molecule has 0 unspecified atom stereocenters. The maximum atomic E-state index is 13.2. The summed E-state index contributed by atoms with van der Waals surface area (Å²) in [4.78, 5) is 34.1. The number of carbonyl (C=O) groups excluding carboxylic acids is 2. The number of rotatable bonds is 5. The zero-order valence-electron chi connectivity index (χ0n) is 18.8. The number of likely N-dealkylation sites (tertiary alicyclic amines) is 1. The van der Waals surface area contributed by atoms with Crippen LogP contribution in [0, 0.1) is 5.82 Å². The third-order valence-electron chi connectivity index (χ3n) is 6.42. The smallest absolute Gasteiger partial charge is 0.253 e. The topological polar surface area (TPSA) is 47.1 Å². The normalized spacial score (nSPS) is 19.8. The lowest BCUT2D eigenvalue weighted by atomic mass is 10.1. The van der Waals surface area contributed by atoms with Gasteiger partial charge in [0.15, 0.2) is 0 Å². The number of halogens is 1. The third-order valence-corrected chi connectivity index (χ3v) is 6.42. The summed E-state index contributed by atoms with van der Waals surface area (Å²) < 4.78 is 13.2. The van der Waals surface area contributed by atoms with Crippen LogP contribution in [0.1, 0.15) is 28.8 Å². The Morgan fingerprint density at radius 3 is 2.56 bits per heavy atom. The first kappa shape index (κ1) is 22.3. The van der Waals surface area contributed by atoms with Crippen molar-refractivity contribution >= 4 is 17.5 Å². The van der Waals surface area contributed by atoms with Crippen LogP contribution in [-0.4, -0.2) is 79.4 Å². The summed E-state index contributed by atoms with van der Waals surface area (Å²) in [6, 6.07) is 13.9. The summed E-state index contributed by atoms with van der Waals surface area (Å²) in [5, 5.41) is 0. The number of carbonyl (C=O) groups is 2. The molecular formula is C25H31FN4O2. The molecule has 0 bridgehead atoms. The molecule has 32 heavy (non-hydrogen) atoms. The van der Waals surface area contributed by atoms with Gasteiger partial charge in [0.1, 0.15) is 5.82 Å². The van der Waals surface area contributed by atoms with Crippen LogP contribution in [0.4, 0.5) is 10.1 Å². The summed E-state index contributed by atoms with van der Waals surface area (Å²) in [5.74, 6) is -0.0875. The molecule has 170 valence electrons. The van der Waals surface area contributed by atoms with Gasteiger partial charge in [0.2, 0.25) is 5.91 Å². The Labute approximate surface area is 189 Å². The van der Waals surface area contributed by atoms with Crippen molar-refractivity contribution in [2.45, 2.75) is 25.4 Å². The van der Waals surface area contributed by atoms with Crippen molar-refractivity contribution in [3.05, 3.63) is 65.5 Å². The van der Waals surface area contributed by atoms with Crippen LogP contribution in [0.3, 0.4) is 0 Å². The van der Waals surface area contributed by atoms with Gasteiger partial charge in [-0.3, -0.25) is 14.5 Å². The van der Waals surface area contributed by atoms with E-state index in [1.165, 1.54) is 12.1 Å². The van der Waals surface area contributed by atoms with E-state index in [1.807, 2.05) is 53.1 Å². The Bertz CT molecular complexity index is 963. The fraction of sp³-hybridized carbons (Fsp3) is 0.440. The van der Waals surface area contributed by atoms with Gasteiger partial charge in [-0.2, -0.15) is 0 Å². The van der Waals surface area contributed by atoms with Crippen LogP contribution in [0.2, 0.25) is 0 Å². The average molecular weight is 439 g/mol. The van der Waals surface area contributed by atoms with Crippen LogP contribution < -0.4 is 4.90 Å². The molecule has 2 saturated heterocycles. The molecule has 0 spiro atoms. The van der Waals surface area contributed by atoms with Gasteiger partial charge in [-0.05, 0) is 48.7 Å². The van der Waals surface area contributed by atoms with Gasteiger partial charge < -0.3 is 14.7 Å². The lowest BCUT2D eigenvalue weighted by molar-refractivity contribution is -0.132. The Balaban J connectivity index is 1.36. The van der Waals surface area contributed by atoms with E-state index in [1.54, 1.807) is 12.1 Å². The fourth-order valence-electron chi connectivity index (χ4n) is 4.58. The van der Waals surface area contributed by atoms with Crippen LogP contribution >= 0.6 is 0 Å². The number of amides is 2. The Morgan fingerprint density at radius 1 is 1.03 bits per heavy atom. The number of hydrogen-bond acceptors (Lipinski definition) is 4. The molecule has 4 rings (SSSR count). The maximum absolute atomic E-state index is 13.2. The molecule has 0 aromatic heterocycles. The first-order valence-electron chi connectivity index (χ1n) is 11.3. The van der Waals surface area contributed by atoms with Gasteiger partial charge in [0, 0.05) is 64.6 Å². The number of benzene rings is 2. The minimum absolute atomic E-state index is 0.0474. The molecule has 6 nitrogen and oxygen atoms in total. The average Bonchev–Trinajstić information content (AvgIpc) is 2.99. The predicted molar refractivity (Wildman–Crippen MR) is 123 cm³/mol. The monoisotopic (exact) mass is 438 g/mol. The van der Waals surface area contributed by atoms with Gasteiger partial charge in [-0.1, -0.05) is 18.2 Å². The molecule has 2 aliphatic rings. The van der Waals surface area contributed by atoms with E-state index in [0.717, 1.165) is 30.6 Å². The fourth-order valence-corrected chi connectivity index (χ4v) is 4.58. The van der Waals surface area contributed by atoms with Crippen molar-refractivity contribution in [3.8, 4) is 0 Å². The molecule has 0 saturated carbocycles. The maximum Gasteiger partial charge on any atom is 0.253 e. The molecule has 1 atom stereocenters. The summed E-state index contributed by atoms with van der Waals surface area (Å²) in [7, 11) is 3.93. The first-order chi connectivity index (χ1) is 15.4. The number of hydrogen-bond donors (Lipinski definition) is 0. The standard InChI is InChI=1S/C25H31FN4O2/c1-27(2)22-6-3-5-20(17-22)24(31)29-13-4-12-28(15-16-29)23-11-14-30(25(23)32)18-19-7-9-21(26)10-8-19/h3,5-10,17,23H,4,11-16,18H2,1-2H3/t23-/m1/s1. The lowest BCUT2D eigenvalue weighted by Gasteiger charge is -2.27. The van der Waals surface area contributed by atoms with E-state index in [0.29, 0.717) is 38.3 Å². The zero-order chi connectivity index (χ0) is 22.7. The van der Waals surface area contributed by atoms with E-state index in [2.05, 4.69) is 4.90 Å². The largest absolute Gasteiger partial charge is 0.378 e.